The Labute approximate surface area is 133 Å². The van der Waals surface area contributed by atoms with Crippen molar-refractivity contribution in [2.45, 2.75) is 26.4 Å². The van der Waals surface area contributed by atoms with E-state index in [4.69, 9.17) is 5.21 Å². The number of imidazole rings is 1. The van der Waals surface area contributed by atoms with E-state index in [1.165, 1.54) is 0 Å². The van der Waals surface area contributed by atoms with Gasteiger partial charge in [0.1, 0.15) is 12.4 Å². The second kappa shape index (κ2) is 6.21. The smallest absolute Gasteiger partial charge is 0.274 e. The molecule has 7 nitrogen and oxygen atoms in total. The zero-order valence-electron chi connectivity index (χ0n) is 12.8. The predicted octanol–water partition coefficient (Wildman–Crippen LogP) is 0.895. The highest BCUT2D eigenvalue weighted by molar-refractivity contribution is 5.95. The summed E-state index contributed by atoms with van der Waals surface area (Å²) < 4.78 is 1.80. The van der Waals surface area contributed by atoms with Gasteiger partial charge in [0.15, 0.2) is 0 Å². The van der Waals surface area contributed by atoms with E-state index in [0.717, 1.165) is 17.0 Å². The van der Waals surface area contributed by atoms with Gasteiger partial charge < -0.3 is 9.47 Å². The molecule has 0 fully saturated rings. The summed E-state index contributed by atoms with van der Waals surface area (Å²) in [6, 6.07) is 5.39. The Morgan fingerprint density at radius 2 is 2.22 bits per heavy atom. The molecule has 1 aliphatic rings. The Morgan fingerprint density at radius 1 is 1.39 bits per heavy atom. The zero-order chi connectivity index (χ0) is 16.4. The third-order valence-electron chi connectivity index (χ3n) is 4.20. The van der Waals surface area contributed by atoms with E-state index >= 15 is 0 Å². The standard InChI is InChI=1S/C16H18N4O3/c1-11-17-6-8-19(11)10-15(21)20-7-5-12-3-2-4-13(14(12)9-20)16(22)18-23/h2-4,6,8,23H,5,7,9-10H2,1H3,(H,18,22). The number of benzene rings is 1. The number of carbonyl (C=O) groups is 2. The molecular formula is C16H18N4O3. The largest absolute Gasteiger partial charge is 0.336 e. The van der Waals surface area contributed by atoms with Crippen LogP contribution in [0, 0.1) is 6.92 Å². The highest BCUT2D eigenvalue weighted by atomic mass is 16.5. The third kappa shape index (κ3) is 2.95. The molecule has 0 spiro atoms. The van der Waals surface area contributed by atoms with Crippen molar-refractivity contribution in [2.75, 3.05) is 6.54 Å². The van der Waals surface area contributed by atoms with E-state index in [0.29, 0.717) is 25.1 Å². The number of aryl methyl sites for hydroxylation is 1. The molecule has 2 aromatic rings. The van der Waals surface area contributed by atoms with Crippen LogP contribution < -0.4 is 5.48 Å². The molecule has 7 heteroatoms. The first-order valence-corrected chi connectivity index (χ1v) is 7.41. The Bertz CT molecular complexity index is 754. The lowest BCUT2D eigenvalue weighted by atomic mass is 9.94. The molecule has 0 saturated carbocycles. The highest BCUT2D eigenvalue weighted by Gasteiger charge is 2.24. The fourth-order valence-electron chi connectivity index (χ4n) is 2.88. The number of fused-ring (bicyclic) bond motifs is 1. The fourth-order valence-corrected chi connectivity index (χ4v) is 2.88. The molecule has 2 heterocycles. The van der Waals surface area contributed by atoms with E-state index in [1.807, 2.05) is 13.0 Å². The van der Waals surface area contributed by atoms with Crippen LogP contribution in [0.15, 0.2) is 30.6 Å². The normalized spacial score (nSPS) is 13.6. The van der Waals surface area contributed by atoms with Crippen LogP contribution in [0.3, 0.4) is 0 Å². The van der Waals surface area contributed by atoms with Gasteiger partial charge >= 0.3 is 0 Å². The number of hydroxylamine groups is 1. The number of hydrogen-bond acceptors (Lipinski definition) is 4. The number of rotatable bonds is 3. The number of hydrogen-bond donors (Lipinski definition) is 2. The van der Waals surface area contributed by atoms with Crippen LogP contribution in [0.25, 0.3) is 0 Å². The highest BCUT2D eigenvalue weighted by Crippen LogP contribution is 2.23. The van der Waals surface area contributed by atoms with Crippen LogP contribution in [-0.2, 0) is 24.3 Å². The van der Waals surface area contributed by atoms with Gasteiger partial charge in [-0.1, -0.05) is 12.1 Å². The zero-order valence-corrected chi connectivity index (χ0v) is 12.8. The first-order valence-electron chi connectivity index (χ1n) is 7.41. The minimum atomic E-state index is -0.554. The van der Waals surface area contributed by atoms with Crippen LogP contribution in [0.5, 0.6) is 0 Å². The van der Waals surface area contributed by atoms with Crippen molar-refractivity contribution >= 4 is 11.8 Å². The molecule has 23 heavy (non-hydrogen) atoms. The maximum atomic E-state index is 12.5. The van der Waals surface area contributed by atoms with Gasteiger partial charge in [-0.05, 0) is 30.5 Å². The van der Waals surface area contributed by atoms with Gasteiger partial charge in [0.2, 0.25) is 5.91 Å². The van der Waals surface area contributed by atoms with Crippen LogP contribution in [0.1, 0.15) is 27.3 Å². The lowest BCUT2D eigenvalue weighted by Gasteiger charge is -2.30. The summed E-state index contributed by atoms with van der Waals surface area (Å²) >= 11 is 0. The van der Waals surface area contributed by atoms with Gasteiger partial charge in [-0.3, -0.25) is 14.8 Å². The Balaban J connectivity index is 1.80. The summed E-state index contributed by atoms with van der Waals surface area (Å²) in [7, 11) is 0. The maximum absolute atomic E-state index is 12.5. The van der Waals surface area contributed by atoms with Crippen molar-refractivity contribution in [1.82, 2.24) is 19.9 Å². The minimum absolute atomic E-state index is 0.0176. The molecule has 2 amide bonds. The second-order valence-electron chi connectivity index (χ2n) is 5.55. The molecule has 0 atom stereocenters. The van der Waals surface area contributed by atoms with Gasteiger partial charge in [0.25, 0.3) is 5.91 Å². The van der Waals surface area contributed by atoms with E-state index in [1.54, 1.807) is 39.5 Å². The van der Waals surface area contributed by atoms with Gasteiger partial charge in [-0.2, -0.15) is 0 Å². The number of nitrogens with one attached hydrogen (secondary N) is 1. The summed E-state index contributed by atoms with van der Waals surface area (Å²) in [5.41, 5.74) is 3.90. The molecular weight excluding hydrogens is 296 g/mol. The average Bonchev–Trinajstić information content (AvgIpc) is 2.98. The Kier molecular flexibility index (Phi) is 4.12. The molecule has 0 saturated heterocycles. The fraction of sp³-hybridized carbons (Fsp3) is 0.312. The first-order chi connectivity index (χ1) is 11.1. The number of carbonyl (C=O) groups excluding carboxylic acids is 2. The van der Waals surface area contributed by atoms with Crippen molar-refractivity contribution in [1.29, 1.82) is 0 Å². The monoisotopic (exact) mass is 314 g/mol. The van der Waals surface area contributed by atoms with Crippen molar-refractivity contribution in [3.05, 3.63) is 53.1 Å². The van der Waals surface area contributed by atoms with Crippen LogP contribution in [0.4, 0.5) is 0 Å². The molecule has 0 unspecified atom stereocenters. The summed E-state index contributed by atoms with van der Waals surface area (Å²) in [5.74, 6) is 0.216. The summed E-state index contributed by atoms with van der Waals surface area (Å²) in [5, 5.41) is 8.88. The molecule has 0 aliphatic carbocycles. The van der Waals surface area contributed by atoms with Gasteiger partial charge in [-0.15, -0.1) is 0 Å². The molecule has 1 aromatic carbocycles. The van der Waals surface area contributed by atoms with E-state index in [2.05, 4.69) is 4.98 Å². The summed E-state index contributed by atoms with van der Waals surface area (Å²) in [6.07, 6.45) is 4.13. The topological polar surface area (TPSA) is 87.5 Å². The third-order valence-corrected chi connectivity index (χ3v) is 4.20. The van der Waals surface area contributed by atoms with E-state index in [-0.39, 0.29) is 12.5 Å². The summed E-state index contributed by atoms with van der Waals surface area (Å²) in [6.45, 7) is 3.06. The molecule has 1 aromatic heterocycles. The van der Waals surface area contributed by atoms with Gasteiger partial charge in [-0.25, -0.2) is 10.5 Å². The molecule has 2 N–H and O–H groups in total. The predicted molar refractivity (Wildman–Crippen MR) is 81.8 cm³/mol. The number of amides is 2. The van der Waals surface area contributed by atoms with Gasteiger partial charge in [0, 0.05) is 31.0 Å². The van der Waals surface area contributed by atoms with Crippen molar-refractivity contribution in [2.24, 2.45) is 0 Å². The molecule has 120 valence electrons. The number of nitrogens with zero attached hydrogens (tertiary/aromatic N) is 3. The second-order valence-corrected chi connectivity index (χ2v) is 5.55. The van der Waals surface area contributed by atoms with Gasteiger partial charge in [0.05, 0.1) is 0 Å². The van der Waals surface area contributed by atoms with Crippen molar-refractivity contribution in [3.8, 4) is 0 Å². The Hall–Kier alpha value is -2.67. The molecule has 1 aliphatic heterocycles. The lowest BCUT2D eigenvalue weighted by molar-refractivity contribution is -0.132. The van der Waals surface area contributed by atoms with Crippen LogP contribution in [-0.4, -0.2) is 38.0 Å². The first kappa shape index (κ1) is 15.2. The number of aromatic nitrogens is 2. The molecule has 0 bridgehead atoms. The molecule has 0 radical (unpaired) electrons. The van der Waals surface area contributed by atoms with E-state index < -0.39 is 5.91 Å². The van der Waals surface area contributed by atoms with Crippen molar-refractivity contribution < 1.29 is 14.8 Å². The van der Waals surface area contributed by atoms with Crippen molar-refractivity contribution in [3.63, 3.8) is 0 Å². The SMILES string of the molecule is Cc1nccn1CC(=O)N1CCc2cccc(C(=O)NO)c2C1. The average molecular weight is 314 g/mol. The quantitative estimate of drug-likeness (QED) is 0.651. The lowest BCUT2D eigenvalue weighted by Crippen LogP contribution is -2.39. The van der Waals surface area contributed by atoms with Crippen LogP contribution >= 0.6 is 0 Å². The maximum Gasteiger partial charge on any atom is 0.274 e. The van der Waals surface area contributed by atoms with E-state index in [9.17, 15) is 9.59 Å². The van der Waals surface area contributed by atoms with Crippen LogP contribution in [0.2, 0.25) is 0 Å². The Morgan fingerprint density at radius 3 is 2.91 bits per heavy atom. The minimum Gasteiger partial charge on any atom is -0.336 e. The molecule has 3 rings (SSSR count). The summed E-state index contributed by atoms with van der Waals surface area (Å²) in [4.78, 5) is 30.1.